The topological polar surface area (TPSA) is 338 Å². The van der Waals surface area contributed by atoms with Crippen LogP contribution in [0.15, 0.2) is 12.1 Å². The number of carbonyl (C=O) groups excluding carboxylic acids is 2. The maximum Gasteiger partial charge on any atom is 0.202 e. The fraction of sp³-hybridized carbons (Fsp3) is 0.760. The Bertz CT molecular complexity index is 2240. The highest BCUT2D eigenvalue weighted by Crippen LogP contribution is 2.47. The number of ketones is 2. The lowest BCUT2D eigenvalue weighted by atomic mass is 9.75. The molecule has 5 fully saturated rings. The second kappa shape index (κ2) is 22.7. The summed E-state index contributed by atoms with van der Waals surface area (Å²) in [7, 11) is 1.26. The molecule has 1 aliphatic carbocycles. The molecule has 0 spiro atoms. The van der Waals surface area contributed by atoms with Crippen LogP contribution in [-0.4, -0.2) is 211 Å². The van der Waals surface area contributed by atoms with Crippen molar-refractivity contribution in [3.8, 4) is 17.2 Å². The monoisotopic (exact) mass is 1040 g/mol. The summed E-state index contributed by atoms with van der Waals surface area (Å²) < 4.78 is 66.4. The summed E-state index contributed by atoms with van der Waals surface area (Å²) in [5.41, 5.74) is 0.218. The van der Waals surface area contributed by atoms with Crippen molar-refractivity contribution in [2.45, 2.75) is 228 Å². The molecule has 0 radical (unpaired) electrons. The van der Waals surface area contributed by atoms with Crippen LogP contribution in [-0.2, 0) is 58.6 Å². The zero-order chi connectivity index (χ0) is 53.1. The fourth-order valence-electron chi connectivity index (χ4n) is 10.9. The Morgan fingerprint density at radius 3 is 1.49 bits per heavy atom. The Labute approximate surface area is 421 Å². The number of aromatic hydroxyl groups is 2. The number of rotatable bonds is 14. The third-order valence-electron chi connectivity index (χ3n) is 15.3. The Morgan fingerprint density at radius 1 is 0.616 bits per heavy atom. The summed E-state index contributed by atoms with van der Waals surface area (Å²) in [6, 6.07) is 3.11. The van der Waals surface area contributed by atoms with Crippen molar-refractivity contribution in [3.63, 3.8) is 0 Å². The molecule has 24 unspecified atom stereocenters. The molecule has 24 atom stereocenters. The first kappa shape index (κ1) is 55.9. The Hall–Kier alpha value is -3.28. The van der Waals surface area contributed by atoms with Crippen molar-refractivity contribution >= 4 is 22.3 Å². The molecule has 73 heavy (non-hydrogen) atoms. The first-order valence-corrected chi connectivity index (χ1v) is 25.0. The molecule has 10 N–H and O–H groups in total. The van der Waals surface area contributed by atoms with Crippen molar-refractivity contribution in [1.29, 1.82) is 0 Å². The van der Waals surface area contributed by atoms with Crippen molar-refractivity contribution in [1.82, 2.24) is 0 Å². The third kappa shape index (κ3) is 11.6. The average Bonchev–Trinajstić information content (AvgIpc) is 3.32. The Morgan fingerprint density at radius 2 is 1.04 bits per heavy atom. The van der Waals surface area contributed by atoms with Gasteiger partial charge in [-0.25, -0.2) is 0 Å². The molecule has 23 nitrogen and oxygen atoms in total. The van der Waals surface area contributed by atoms with Crippen LogP contribution in [0.5, 0.6) is 17.2 Å². The van der Waals surface area contributed by atoms with Gasteiger partial charge in [0.15, 0.2) is 36.7 Å². The first-order valence-electron chi connectivity index (χ1n) is 25.0. The first-order chi connectivity index (χ1) is 34.4. The van der Waals surface area contributed by atoms with E-state index < -0.39 is 170 Å². The SMILES string of the molecule is COC(C(O)C(C)=O)C1Cc2cc3cc(OC4CC(OC5CC(O)C(O)C(C)O5)C(O)C(C)O4)c(C)c(O)c3c(O)c2C(=O)C1OC1CC(OC2CC(OC3CC(O)C(O)C(C)O3)C(O)C(C)O2)C(O)C(C)O1. The standard InChI is InChI=1S/C50H72O23/c1-17-29(69-35-14-30(44(58)21(5)66-35)70-33-12-27(52)42(56)19(3)64-33)11-25-9-24-10-26(49(63-8)41(55)18(2)51)50(48(62)39(24)47(61)38(25)40(17)54)73-37-16-32(46(60)23(7)68-37)72-36-15-31(45(59)22(6)67-36)71-34-13-28(53)43(57)20(4)65-34/h9,11,19-23,26-28,30-37,41-46,49-50,52-61H,10,12-16H2,1-8H3. The van der Waals surface area contributed by atoms with Gasteiger partial charge in [0.2, 0.25) is 6.29 Å². The molecule has 2 aromatic rings. The van der Waals surface area contributed by atoms with Crippen molar-refractivity contribution in [3.05, 3.63) is 28.8 Å². The summed E-state index contributed by atoms with van der Waals surface area (Å²) in [6.07, 6.45) is -25.1. The van der Waals surface area contributed by atoms with Crippen LogP contribution in [0.3, 0.4) is 0 Å². The molecular formula is C50H72O23. The third-order valence-corrected chi connectivity index (χ3v) is 15.3. The smallest absolute Gasteiger partial charge is 0.202 e. The molecule has 5 heterocycles. The number of hydrogen-bond donors (Lipinski definition) is 10. The maximum atomic E-state index is 14.9. The van der Waals surface area contributed by atoms with E-state index >= 15 is 0 Å². The van der Waals surface area contributed by atoms with Gasteiger partial charge in [0.25, 0.3) is 0 Å². The molecule has 2 aromatic carbocycles. The summed E-state index contributed by atoms with van der Waals surface area (Å²) in [5.74, 6) is -3.41. The minimum absolute atomic E-state index is 0.0158. The molecule has 0 amide bonds. The molecule has 5 saturated heterocycles. The number of ether oxygens (including phenoxy) is 11. The minimum atomic E-state index is -1.72. The number of aliphatic hydroxyl groups is 8. The molecule has 6 aliphatic rings. The van der Waals surface area contributed by atoms with Crippen molar-refractivity contribution in [2.24, 2.45) is 5.92 Å². The highest BCUT2D eigenvalue weighted by atomic mass is 16.7. The predicted molar refractivity (Wildman–Crippen MR) is 248 cm³/mol. The molecule has 5 aliphatic heterocycles. The van der Waals surface area contributed by atoms with Crippen LogP contribution in [0.1, 0.15) is 95.1 Å². The molecule has 410 valence electrons. The second-order valence-electron chi connectivity index (χ2n) is 20.5. The number of phenolic OH excluding ortho intramolecular Hbond substituents is 2. The normalized spacial score (nSPS) is 42.3. The minimum Gasteiger partial charge on any atom is -0.507 e. The number of Topliss-reactive ketones (excluding diaryl/α,β-unsaturated/α-hetero) is 2. The van der Waals surface area contributed by atoms with E-state index in [9.17, 15) is 60.7 Å². The van der Waals surface area contributed by atoms with Gasteiger partial charge in [-0.2, -0.15) is 0 Å². The van der Waals surface area contributed by atoms with Crippen molar-refractivity contribution < 1.29 is 113 Å². The quantitative estimate of drug-likeness (QED) is 0.119. The van der Waals surface area contributed by atoms with Gasteiger partial charge < -0.3 is 103 Å². The maximum absolute atomic E-state index is 14.9. The van der Waals surface area contributed by atoms with E-state index in [2.05, 4.69) is 0 Å². The zero-order valence-corrected chi connectivity index (χ0v) is 42.0. The van der Waals surface area contributed by atoms with E-state index in [1.807, 2.05) is 0 Å². The molecule has 8 rings (SSSR count). The van der Waals surface area contributed by atoms with Crippen LogP contribution in [0.2, 0.25) is 0 Å². The summed E-state index contributed by atoms with van der Waals surface area (Å²) in [6.45, 7) is 10.7. The highest BCUT2D eigenvalue weighted by molar-refractivity contribution is 6.11. The van der Waals surface area contributed by atoms with Crippen LogP contribution in [0.4, 0.5) is 0 Å². The van der Waals surface area contributed by atoms with Gasteiger partial charge in [0.1, 0.15) is 60.0 Å². The van der Waals surface area contributed by atoms with Gasteiger partial charge in [-0.05, 0) is 78.0 Å². The van der Waals surface area contributed by atoms with Crippen LogP contribution in [0, 0.1) is 12.8 Å². The molecule has 0 bridgehead atoms. The average molecular weight is 1040 g/mol. The number of benzene rings is 2. The fourth-order valence-corrected chi connectivity index (χ4v) is 10.9. The number of hydrogen-bond acceptors (Lipinski definition) is 23. The molecular weight excluding hydrogens is 969 g/mol. The van der Waals surface area contributed by atoms with E-state index in [-0.39, 0.29) is 71.7 Å². The number of methoxy groups -OCH3 is 1. The zero-order valence-electron chi connectivity index (χ0n) is 42.0. The number of aliphatic hydroxyl groups excluding tert-OH is 8. The van der Waals surface area contributed by atoms with Gasteiger partial charge in [0, 0.05) is 50.7 Å². The Balaban J connectivity index is 1.03. The van der Waals surface area contributed by atoms with Gasteiger partial charge >= 0.3 is 0 Å². The van der Waals surface area contributed by atoms with Gasteiger partial charge in [-0.1, -0.05) is 0 Å². The molecule has 23 heteroatoms. The predicted octanol–water partition coefficient (Wildman–Crippen LogP) is -0.000280. The number of carbonyl (C=O) groups is 2. The van der Waals surface area contributed by atoms with Crippen LogP contribution in [0.25, 0.3) is 10.8 Å². The van der Waals surface area contributed by atoms with E-state index in [0.717, 1.165) is 6.92 Å². The highest BCUT2D eigenvalue weighted by Gasteiger charge is 2.50. The lowest BCUT2D eigenvalue weighted by molar-refractivity contribution is -0.329. The van der Waals surface area contributed by atoms with E-state index in [1.165, 1.54) is 20.1 Å². The van der Waals surface area contributed by atoms with Gasteiger partial charge in [0.05, 0.1) is 78.1 Å². The second-order valence-corrected chi connectivity index (χ2v) is 20.5. The number of phenols is 2. The largest absolute Gasteiger partial charge is 0.507 e. The summed E-state index contributed by atoms with van der Waals surface area (Å²) in [5, 5.41) is 109. The number of fused-ring (bicyclic) bond motifs is 2. The summed E-state index contributed by atoms with van der Waals surface area (Å²) in [4.78, 5) is 27.6. The van der Waals surface area contributed by atoms with Crippen LogP contribution < -0.4 is 4.74 Å². The van der Waals surface area contributed by atoms with Crippen LogP contribution >= 0.6 is 0 Å². The van der Waals surface area contributed by atoms with Gasteiger partial charge in [-0.3, -0.25) is 9.59 Å². The van der Waals surface area contributed by atoms with Gasteiger partial charge in [-0.15, -0.1) is 0 Å². The molecule has 0 saturated carbocycles. The Kier molecular flexibility index (Phi) is 17.4. The van der Waals surface area contributed by atoms with E-state index in [0.29, 0.717) is 0 Å². The van der Waals surface area contributed by atoms with Crippen molar-refractivity contribution in [2.75, 3.05) is 7.11 Å². The lowest BCUT2D eigenvalue weighted by Gasteiger charge is -2.45. The molecule has 0 aromatic heterocycles. The van der Waals surface area contributed by atoms with E-state index in [4.69, 9.17) is 52.1 Å². The summed E-state index contributed by atoms with van der Waals surface area (Å²) >= 11 is 0. The van der Waals surface area contributed by atoms with E-state index in [1.54, 1.807) is 40.7 Å². The lowest BCUT2D eigenvalue weighted by Crippen LogP contribution is -2.56.